The van der Waals surface area contributed by atoms with Gasteiger partial charge < -0.3 is 10.1 Å². The van der Waals surface area contributed by atoms with E-state index in [1.54, 1.807) is 11.3 Å². The molecule has 0 spiro atoms. The third-order valence-corrected chi connectivity index (χ3v) is 7.59. The van der Waals surface area contributed by atoms with Gasteiger partial charge in [0.15, 0.2) is 11.0 Å². The fraction of sp³-hybridized carbons (Fsp3) is 0.333. The van der Waals surface area contributed by atoms with Crippen LogP contribution in [0.2, 0.25) is 0 Å². The number of para-hydroxylation sites is 1. The molecule has 0 bridgehead atoms. The molecule has 1 saturated heterocycles. The lowest BCUT2D eigenvalue weighted by Crippen LogP contribution is -2.18. The maximum Gasteiger partial charge on any atom is 0.234 e. The van der Waals surface area contributed by atoms with Crippen LogP contribution in [-0.4, -0.2) is 48.9 Å². The number of ether oxygens (including phenoxy) is 1. The molecule has 1 fully saturated rings. The van der Waals surface area contributed by atoms with E-state index in [0.29, 0.717) is 6.54 Å². The quantitative estimate of drug-likeness (QED) is 0.357. The van der Waals surface area contributed by atoms with Crippen LogP contribution in [-0.2, 0) is 16.1 Å². The molecule has 1 aliphatic rings. The number of anilines is 1. The van der Waals surface area contributed by atoms with E-state index < -0.39 is 0 Å². The van der Waals surface area contributed by atoms with Gasteiger partial charge in [0.25, 0.3) is 0 Å². The lowest BCUT2D eigenvalue weighted by molar-refractivity contribution is -0.113. The Morgan fingerprint density at radius 1 is 1.21 bits per heavy atom. The highest BCUT2D eigenvalue weighted by atomic mass is 32.2. The molecule has 1 N–H and O–H groups in total. The van der Waals surface area contributed by atoms with Crippen molar-refractivity contribution in [3.8, 4) is 16.4 Å². The number of rotatable bonds is 8. The second-order valence-corrected chi connectivity index (χ2v) is 10.0. The largest absolute Gasteiger partial charge is 0.376 e. The van der Waals surface area contributed by atoms with Crippen molar-refractivity contribution in [2.45, 2.75) is 44.5 Å². The molecular weight excluding hydrogens is 468 g/mol. The van der Waals surface area contributed by atoms with Gasteiger partial charge in [0, 0.05) is 6.61 Å². The summed E-state index contributed by atoms with van der Waals surface area (Å²) in [6.07, 6.45) is 2.25. The van der Waals surface area contributed by atoms with E-state index in [0.717, 1.165) is 58.1 Å². The highest BCUT2D eigenvalue weighted by Gasteiger charge is 2.23. The van der Waals surface area contributed by atoms with Crippen LogP contribution in [0, 0.1) is 13.8 Å². The van der Waals surface area contributed by atoms with E-state index in [2.05, 4.69) is 25.2 Å². The SMILES string of the molecule is Cc1nn(-c2ccccc2)c(C)c1NC(=O)CSc1nnc(-c2cccs2)n1C[C@@H]1CCCO1. The summed E-state index contributed by atoms with van der Waals surface area (Å²) in [7, 11) is 0. The molecule has 10 heteroatoms. The standard InChI is InChI=1S/C24H26N6O2S2/c1-16-22(17(2)30(28-16)18-8-4-3-5-9-18)25-21(31)15-34-24-27-26-23(20-11-7-13-33-20)29(24)14-19-10-6-12-32-19/h3-5,7-9,11,13,19H,6,10,12,14-15H2,1-2H3,(H,25,31)/t19-/m0/s1. The van der Waals surface area contributed by atoms with E-state index in [-0.39, 0.29) is 17.8 Å². The van der Waals surface area contributed by atoms with Gasteiger partial charge in [-0.3, -0.25) is 9.36 Å². The number of amides is 1. The molecule has 1 aromatic carbocycles. The number of aromatic nitrogens is 5. The molecule has 1 amide bonds. The van der Waals surface area contributed by atoms with Crippen molar-refractivity contribution < 1.29 is 9.53 Å². The highest BCUT2D eigenvalue weighted by molar-refractivity contribution is 7.99. The first-order valence-electron chi connectivity index (χ1n) is 11.2. The van der Waals surface area contributed by atoms with Gasteiger partial charge in [-0.2, -0.15) is 5.10 Å². The Labute approximate surface area is 206 Å². The molecule has 176 valence electrons. The minimum absolute atomic E-state index is 0.104. The summed E-state index contributed by atoms with van der Waals surface area (Å²) in [5, 5.41) is 19.2. The predicted molar refractivity (Wildman–Crippen MR) is 135 cm³/mol. The first-order valence-corrected chi connectivity index (χ1v) is 13.1. The fourth-order valence-electron chi connectivity index (χ4n) is 4.09. The minimum Gasteiger partial charge on any atom is -0.376 e. The Hall–Kier alpha value is -2.95. The first kappa shape index (κ1) is 22.8. The van der Waals surface area contributed by atoms with Gasteiger partial charge in [0.2, 0.25) is 5.91 Å². The summed E-state index contributed by atoms with van der Waals surface area (Å²) < 4.78 is 9.79. The van der Waals surface area contributed by atoms with Crippen molar-refractivity contribution in [1.82, 2.24) is 24.5 Å². The summed E-state index contributed by atoms with van der Waals surface area (Å²) >= 11 is 3.02. The van der Waals surface area contributed by atoms with Gasteiger partial charge in [-0.1, -0.05) is 36.0 Å². The molecule has 0 radical (unpaired) electrons. The number of carbonyl (C=O) groups is 1. The van der Waals surface area contributed by atoms with Crippen molar-refractivity contribution in [1.29, 1.82) is 0 Å². The van der Waals surface area contributed by atoms with Crippen LogP contribution < -0.4 is 5.32 Å². The van der Waals surface area contributed by atoms with Gasteiger partial charge in [0.05, 0.1) is 46.0 Å². The van der Waals surface area contributed by atoms with Gasteiger partial charge in [-0.15, -0.1) is 21.5 Å². The Bertz CT molecular complexity index is 1260. The number of nitrogens with zero attached hydrogens (tertiary/aromatic N) is 5. The average Bonchev–Trinajstić information content (AvgIpc) is 3.65. The summed E-state index contributed by atoms with van der Waals surface area (Å²) in [4.78, 5) is 13.9. The molecule has 1 aliphatic heterocycles. The monoisotopic (exact) mass is 494 g/mol. The second-order valence-electron chi connectivity index (χ2n) is 8.16. The van der Waals surface area contributed by atoms with Crippen LogP contribution in [0.3, 0.4) is 0 Å². The Kier molecular flexibility index (Phi) is 6.80. The summed E-state index contributed by atoms with van der Waals surface area (Å²) in [6.45, 7) is 5.34. The van der Waals surface area contributed by atoms with E-state index in [4.69, 9.17) is 4.74 Å². The fourth-order valence-corrected chi connectivity index (χ4v) is 5.55. The summed E-state index contributed by atoms with van der Waals surface area (Å²) in [6, 6.07) is 13.9. The number of thioether (sulfide) groups is 1. The molecule has 1 atom stereocenters. The zero-order valence-corrected chi connectivity index (χ0v) is 20.7. The van der Waals surface area contributed by atoms with E-state index >= 15 is 0 Å². The maximum atomic E-state index is 12.9. The van der Waals surface area contributed by atoms with Crippen LogP contribution in [0.1, 0.15) is 24.2 Å². The molecule has 0 saturated carbocycles. The maximum absolute atomic E-state index is 12.9. The van der Waals surface area contributed by atoms with Gasteiger partial charge in [0.1, 0.15) is 0 Å². The van der Waals surface area contributed by atoms with E-state index in [9.17, 15) is 4.79 Å². The molecule has 4 heterocycles. The van der Waals surface area contributed by atoms with Gasteiger partial charge in [-0.25, -0.2) is 4.68 Å². The van der Waals surface area contributed by atoms with Gasteiger partial charge >= 0.3 is 0 Å². The van der Waals surface area contributed by atoms with Crippen molar-refractivity contribution in [2.75, 3.05) is 17.7 Å². The third-order valence-electron chi connectivity index (χ3n) is 5.76. The topological polar surface area (TPSA) is 86.9 Å². The molecule has 4 aromatic rings. The average molecular weight is 495 g/mol. The lowest BCUT2D eigenvalue weighted by Gasteiger charge is -2.14. The zero-order chi connectivity index (χ0) is 23.5. The van der Waals surface area contributed by atoms with Crippen LogP contribution in [0.15, 0.2) is 53.0 Å². The molecule has 5 rings (SSSR count). The van der Waals surface area contributed by atoms with Crippen molar-refractivity contribution in [2.24, 2.45) is 0 Å². The summed E-state index contributed by atoms with van der Waals surface area (Å²) in [5.41, 5.74) is 3.38. The number of benzene rings is 1. The molecule has 8 nitrogen and oxygen atoms in total. The number of thiophene rings is 1. The van der Waals surface area contributed by atoms with Crippen molar-refractivity contribution in [3.63, 3.8) is 0 Å². The normalized spacial score (nSPS) is 15.6. The highest BCUT2D eigenvalue weighted by Crippen LogP contribution is 2.29. The molecule has 0 aliphatic carbocycles. The zero-order valence-electron chi connectivity index (χ0n) is 19.1. The van der Waals surface area contributed by atoms with E-state index in [1.165, 1.54) is 11.8 Å². The number of nitrogens with one attached hydrogen (secondary N) is 1. The predicted octanol–water partition coefficient (Wildman–Crippen LogP) is 4.72. The number of carbonyl (C=O) groups excluding carboxylic acids is 1. The van der Waals surface area contributed by atoms with Crippen LogP contribution in [0.25, 0.3) is 16.4 Å². The minimum atomic E-state index is -0.104. The molecule has 3 aromatic heterocycles. The van der Waals surface area contributed by atoms with Crippen LogP contribution >= 0.6 is 23.1 Å². The van der Waals surface area contributed by atoms with E-state index in [1.807, 2.05) is 66.4 Å². The number of hydrogen-bond donors (Lipinski definition) is 1. The van der Waals surface area contributed by atoms with Gasteiger partial charge in [-0.05, 0) is 50.3 Å². The Morgan fingerprint density at radius 2 is 2.06 bits per heavy atom. The van der Waals surface area contributed by atoms with Crippen LogP contribution in [0.5, 0.6) is 0 Å². The van der Waals surface area contributed by atoms with Crippen molar-refractivity contribution >= 4 is 34.7 Å². The number of hydrogen-bond acceptors (Lipinski definition) is 7. The number of aryl methyl sites for hydroxylation is 1. The molecule has 34 heavy (non-hydrogen) atoms. The third kappa shape index (κ3) is 4.79. The lowest BCUT2D eigenvalue weighted by atomic mass is 10.2. The van der Waals surface area contributed by atoms with Crippen LogP contribution in [0.4, 0.5) is 5.69 Å². The Morgan fingerprint density at radius 3 is 2.79 bits per heavy atom. The first-order chi connectivity index (χ1) is 16.6. The Balaban J connectivity index is 1.30. The second kappa shape index (κ2) is 10.1. The molecule has 0 unspecified atom stereocenters. The molecular formula is C24H26N6O2S2. The smallest absolute Gasteiger partial charge is 0.234 e. The summed E-state index contributed by atoms with van der Waals surface area (Å²) in [5.74, 6) is 0.945. The van der Waals surface area contributed by atoms with Crippen molar-refractivity contribution in [3.05, 3.63) is 59.2 Å².